The Balaban J connectivity index is 1.82. The lowest BCUT2D eigenvalue weighted by atomic mass is 9.80. The van der Waals surface area contributed by atoms with Crippen molar-refractivity contribution in [2.75, 3.05) is 5.32 Å². The summed E-state index contributed by atoms with van der Waals surface area (Å²) in [5, 5.41) is 8.59. The molecule has 2 aromatic rings. The third-order valence-electron chi connectivity index (χ3n) is 5.22. The highest BCUT2D eigenvalue weighted by molar-refractivity contribution is 7.10. The van der Waals surface area contributed by atoms with Gasteiger partial charge >= 0.3 is 6.03 Å². The Morgan fingerprint density at radius 2 is 1.88 bits per heavy atom. The number of carbonyl (C=O) groups excluding carboxylic acids is 1. The molecule has 1 aliphatic rings. The number of hydrogen-bond donors (Lipinski definition) is 2. The SMILES string of the molecule is Cc1cccc(C(C)C)c1NC(=O)NC1(c2cccs2)CCCCC1. The van der Waals surface area contributed by atoms with Crippen molar-refractivity contribution in [3.8, 4) is 0 Å². The minimum absolute atomic E-state index is 0.0912. The minimum Gasteiger partial charge on any atom is -0.328 e. The number of para-hydroxylation sites is 1. The molecule has 3 rings (SSSR count). The highest BCUT2D eigenvalue weighted by Crippen LogP contribution is 2.39. The van der Waals surface area contributed by atoms with Crippen LogP contribution < -0.4 is 10.6 Å². The Hall–Kier alpha value is -1.81. The Labute approximate surface area is 154 Å². The number of anilines is 1. The number of amides is 2. The quantitative estimate of drug-likeness (QED) is 0.676. The van der Waals surface area contributed by atoms with Crippen molar-refractivity contribution in [2.45, 2.75) is 64.3 Å². The van der Waals surface area contributed by atoms with E-state index in [-0.39, 0.29) is 11.6 Å². The molecule has 25 heavy (non-hydrogen) atoms. The molecule has 0 spiro atoms. The van der Waals surface area contributed by atoms with Crippen molar-refractivity contribution < 1.29 is 4.79 Å². The highest BCUT2D eigenvalue weighted by Gasteiger charge is 2.36. The maximum Gasteiger partial charge on any atom is 0.319 e. The van der Waals surface area contributed by atoms with E-state index in [9.17, 15) is 4.79 Å². The van der Waals surface area contributed by atoms with Crippen molar-refractivity contribution in [2.24, 2.45) is 0 Å². The van der Waals surface area contributed by atoms with Gasteiger partial charge in [-0.2, -0.15) is 0 Å². The Bertz CT molecular complexity index is 716. The summed E-state index contributed by atoms with van der Waals surface area (Å²) in [5.74, 6) is 0.371. The number of nitrogens with one attached hydrogen (secondary N) is 2. The van der Waals surface area contributed by atoms with Crippen LogP contribution in [0.25, 0.3) is 0 Å². The normalized spacial score (nSPS) is 16.6. The molecule has 0 atom stereocenters. The van der Waals surface area contributed by atoms with Crippen LogP contribution in [0.3, 0.4) is 0 Å². The largest absolute Gasteiger partial charge is 0.328 e. The summed E-state index contributed by atoms with van der Waals surface area (Å²) in [4.78, 5) is 14.2. The van der Waals surface area contributed by atoms with Crippen LogP contribution in [-0.2, 0) is 5.54 Å². The first-order chi connectivity index (χ1) is 12.0. The van der Waals surface area contributed by atoms with Gasteiger partial charge in [-0.1, -0.05) is 57.4 Å². The first-order valence-electron chi connectivity index (χ1n) is 9.24. The van der Waals surface area contributed by atoms with E-state index in [1.165, 1.54) is 29.7 Å². The van der Waals surface area contributed by atoms with Crippen molar-refractivity contribution in [1.82, 2.24) is 5.32 Å². The van der Waals surface area contributed by atoms with E-state index < -0.39 is 0 Å². The van der Waals surface area contributed by atoms with Crippen molar-refractivity contribution >= 4 is 23.1 Å². The fourth-order valence-corrected chi connectivity index (χ4v) is 4.79. The van der Waals surface area contributed by atoms with E-state index in [1.54, 1.807) is 11.3 Å². The van der Waals surface area contributed by atoms with Gasteiger partial charge in [0, 0.05) is 10.6 Å². The van der Waals surface area contributed by atoms with Gasteiger partial charge in [-0.25, -0.2) is 4.79 Å². The summed E-state index contributed by atoms with van der Waals surface area (Å²) in [6.45, 7) is 6.37. The number of thiophene rings is 1. The third-order valence-corrected chi connectivity index (χ3v) is 6.29. The molecule has 1 aromatic carbocycles. The molecule has 1 aliphatic carbocycles. The van der Waals surface area contributed by atoms with E-state index in [4.69, 9.17) is 0 Å². The topological polar surface area (TPSA) is 41.1 Å². The summed E-state index contributed by atoms with van der Waals surface area (Å²) in [6.07, 6.45) is 5.63. The standard InChI is InChI=1S/C21H28N2OS/c1-15(2)17-10-7-9-16(3)19(17)22-20(24)23-21(12-5-4-6-13-21)18-11-8-14-25-18/h7-11,14-15H,4-6,12-13H2,1-3H3,(H2,22,23,24). The second-order valence-electron chi connectivity index (χ2n) is 7.39. The van der Waals surface area contributed by atoms with Crippen LogP contribution in [0.5, 0.6) is 0 Å². The second-order valence-corrected chi connectivity index (χ2v) is 8.34. The zero-order valence-corrected chi connectivity index (χ0v) is 16.2. The van der Waals surface area contributed by atoms with E-state index in [0.29, 0.717) is 5.92 Å². The minimum atomic E-state index is -0.211. The van der Waals surface area contributed by atoms with Crippen LogP contribution in [0, 0.1) is 6.92 Å². The van der Waals surface area contributed by atoms with Crippen LogP contribution in [0.15, 0.2) is 35.7 Å². The third kappa shape index (κ3) is 3.90. The smallest absolute Gasteiger partial charge is 0.319 e. The molecule has 0 bridgehead atoms. The number of rotatable bonds is 4. The number of carbonyl (C=O) groups is 1. The predicted octanol–water partition coefficient (Wildman–Crippen LogP) is 6.16. The monoisotopic (exact) mass is 356 g/mol. The zero-order chi connectivity index (χ0) is 17.9. The van der Waals surface area contributed by atoms with Crippen molar-refractivity contribution in [3.05, 3.63) is 51.7 Å². The average molecular weight is 357 g/mol. The summed E-state index contributed by atoms with van der Waals surface area (Å²) in [7, 11) is 0. The van der Waals surface area contributed by atoms with E-state index >= 15 is 0 Å². The van der Waals surface area contributed by atoms with Gasteiger partial charge in [-0.05, 0) is 48.3 Å². The van der Waals surface area contributed by atoms with Crippen molar-refractivity contribution in [1.29, 1.82) is 0 Å². The van der Waals surface area contributed by atoms with Gasteiger partial charge in [-0.15, -0.1) is 11.3 Å². The first kappa shape index (κ1) is 18.0. The number of benzene rings is 1. The number of hydrogen-bond acceptors (Lipinski definition) is 2. The molecule has 2 amide bonds. The lowest BCUT2D eigenvalue weighted by Gasteiger charge is -2.37. The summed E-state index contributed by atoms with van der Waals surface area (Å²) >= 11 is 1.75. The van der Waals surface area contributed by atoms with Crippen LogP contribution in [0.1, 0.15) is 67.9 Å². The molecule has 0 saturated heterocycles. The molecule has 1 fully saturated rings. The molecule has 0 aliphatic heterocycles. The van der Waals surface area contributed by atoms with Crippen LogP contribution in [0.4, 0.5) is 10.5 Å². The van der Waals surface area contributed by atoms with Gasteiger partial charge in [0.15, 0.2) is 0 Å². The maximum atomic E-state index is 12.9. The van der Waals surface area contributed by atoms with Gasteiger partial charge in [0.1, 0.15) is 0 Å². The molecule has 1 heterocycles. The number of aryl methyl sites for hydroxylation is 1. The zero-order valence-electron chi connectivity index (χ0n) is 15.4. The van der Waals surface area contributed by atoms with Gasteiger partial charge in [0.05, 0.1) is 5.54 Å². The number of urea groups is 1. The molecule has 0 radical (unpaired) electrons. The van der Waals surface area contributed by atoms with E-state index in [2.05, 4.69) is 67.1 Å². The molecule has 4 heteroatoms. The van der Waals surface area contributed by atoms with E-state index in [0.717, 1.165) is 24.1 Å². The van der Waals surface area contributed by atoms with Gasteiger partial charge in [-0.3, -0.25) is 0 Å². The Morgan fingerprint density at radius 3 is 2.52 bits per heavy atom. The predicted molar refractivity (Wildman–Crippen MR) is 107 cm³/mol. The fourth-order valence-electron chi connectivity index (χ4n) is 3.84. The molecule has 0 unspecified atom stereocenters. The molecular weight excluding hydrogens is 328 g/mol. The second kappa shape index (κ2) is 7.61. The average Bonchev–Trinajstić information content (AvgIpc) is 3.12. The van der Waals surface area contributed by atoms with Gasteiger partial charge < -0.3 is 10.6 Å². The molecule has 134 valence electrons. The maximum absolute atomic E-state index is 12.9. The van der Waals surface area contributed by atoms with Crippen LogP contribution in [0.2, 0.25) is 0 Å². The molecule has 1 saturated carbocycles. The Kier molecular flexibility index (Phi) is 5.48. The summed E-state index contributed by atoms with van der Waals surface area (Å²) in [5.41, 5.74) is 3.03. The van der Waals surface area contributed by atoms with Gasteiger partial charge in [0.2, 0.25) is 0 Å². The Morgan fingerprint density at radius 1 is 1.12 bits per heavy atom. The van der Waals surface area contributed by atoms with Crippen LogP contribution in [-0.4, -0.2) is 6.03 Å². The molecule has 3 nitrogen and oxygen atoms in total. The fraction of sp³-hybridized carbons (Fsp3) is 0.476. The lowest BCUT2D eigenvalue weighted by Crippen LogP contribution is -2.48. The molecular formula is C21H28N2OS. The summed E-state index contributed by atoms with van der Waals surface area (Å²) in [6, 6.07) is 10.4. The van der Waals surface area contributed by atoms with Gasteiger partial charge in [0.25, 0.3) is 0 Å². The van der Waals surface area contributed by atoms with Crippen molar-refractivity contribution in [3.63, 3.8) is 0 Å². The molecule has 2 N–H and O–H groups in total. The van der Waals surface area contributed by atoms with Crippen LogP contribution >= 0.6 is 11.3 Å². The van der Waals surface area contributed by atoms with E-state index in [1.807, 2.05) is 0 Å². The molecule has 1 aromatic heterocycles. The summed E-state index contributed by atoms with van der Waals surface area (Å²) < 4.78 is 0. The lowest BCUT2D eigenvalue weighted by molar-refractivity contribution is 0.214. The highest BCUT2D eigenvalue weighted by atomic mass is 32.1. The first-order valence-corrected chi connectivity index (χ1v) is 10.1.